The molecule has 0 fully saturated rings. The molecule has 0 atom stereocenters. The Labute approximate surface area is 108 Å². The van der Waals surface area contributed by atoms with Gasteiger partial charge in [0.05, 0.1) is 10.9 Å². The first-order valence-corrected chi connectivity index (χ1v) is 5.74. The number of aryl methyl sites for hydroxylation is 1. The molecule has 19 heavy (non-hydrogen) atoms. The maximum absolute atomic E-state index is 12.2. The molecule has 0 aliphatic heterocycles. The molecule has 1 N–H and O–H groups in total. The average molecular weight is 262 g/mol. The number of rotatable bonds is 4. The molecule has 0 unspecified atom stereocenters. The number of fused-ring (bicyclic) bond motifs is 1. The molecule has 2 aromatic rings. The maximum Gasteiger partial charge on any atom is 0.331 e. The van der Waals surface area contributed by atoms with Crippen LogP contribution in [0.3, 0.4) is 0 Å². The van der Waals surface area contributed by atoms with Gasteiger partial charge in [0.15, 0.2) is 0 Å². The minimum absolute atomic E-state index is 0.0992. The predicted molar refractivity (Wildman–Crippen MR) is 70.9 cm³/mol. The van der Waals surface area contributed by atoms with Crippen molar-refractivity contribution in [3.8, 4) is 0 Å². The highest BCUT2D eigenvalue weighted by Gasteiger charge is 2.10. The smallest absolute Gasteiger partial charge is 0.331 e. The summed E-state index contributed by atoms with van der Waals surface area (Å²) in [7, 11) is 1.61. The van der Waals surface area contributed by atoms with Crippen molar-refractivity contribution in [3.63, 3.8) is 0 Å². The second-order valence-corrected chi connectivity index (χ2v) is 4.20. The first-order chi connectivity index (χ1) is 9.06. The molecule has 1 heterocycles. The number of hydrogen-bond acceptors (Lipinski definition) is 4. The van der Waals surface area contributed by atoms with Crippen molar-refractivity contribution in [1.29, 1.82) is 0 Å². The third-order valence-corrected chi connectivity index (χ3v) is 3.00. The summed E-state index contributed by atoms with van der Waals surface area (Å²) in [6.07, 6.45) is 0.185. The summed E-state index contributed by atoms with van der Waals surface area (Å²) >= 11 is 0. The van der Waals surface area contributed by atoms with Crippen LogP contribution in [0.1, 0.15) is 6.42 Å². The van der Waals surface area contributed by atoms with Crippen LogP contribution in [0.2, 0.25) is 0 Å². The number of hydrogen-bond donors (Lipinski definition) is 1. The van der Waals surface area contributed by atoms with E-state index < -0.39 is 5.69 Å². The lowest BCUT2D eigenvalue weighted by Gasteiger charge is -2.10. The van der Waals surface area contributed by atoms with Gasteiger partial charge in [0, 0.05) is 20.0 Å². The Hall–Kier alpha value is -2.34. The van der Waals surface area contributed by atoms with Crippen LogP contribution in [0.4, 0.5) is 0 Å². The molecule has 0 bridgehead atoms. The van der Waals surface area contributed by atoms with Crippen molar-refractivity contribution in [3.05, 3.63) is 57.4 Å². The SMILES string of the molecule is C=C(CCn1c(=O)c2ccccc2n(C)c1=O)OO. The lowest BCUT2D eigenvalue weighted by atomic mass is 10.2. The van der Waals surface area contributed by atoms with Crippen molar-refractivity contribution in [1.82, 2.24) is 9.13 Å². The summed E-state index contributed by atoms with van der Waals surface area (Å²) in [6, 6.07) is 6.91. The van der Waals surface area contributed by atoms with Gasteiger partial charge in [0.25, 0.3) is 5.56 Å². The van der Waals surface area contributed by atoms with Crippen LogP contribution in [0.25, 0.3) is 10.9 Å². The summed E-state index contributed by atoms with van der Waals surface area (Å²) in [4.78, 5) is 28.3. The molecule has 0 amide bonds. The monoisotopic (exact) mass is 262 g/mol. The van der Waals surface area contributed by atoms with Crippen molar-refractivity contribution in [2.75, 3.05) is 0 Å². The molecule has 1 aromatic carbocycles. The van der Waals surface area contributed by atoms with Crippen LogP contribution in [0.5, 0.6) is 0 Å². The van der Waals surface area contributed by atoms with Crippen molar-refractivity contribution in [2.24, 2.45) is 7.05 Å². The van der Waals surface area contributed by atoms with E-state index in [0.29, 0.717) is 10.9 Å². The third kappa shape index (κ3) is 2.30. The number of nitrogens with zero attached hydrogens (tertiary/aromatic N) is 2. The van der Waals surface area contributed by atoms with Gasteiger partial charge in [-0.3, -0.25) is 13.9 Å². The zero-order valence-corrected chi connectivity index (χ0v) is 10.5. The Morgan fingerprint density at radius 2 is 2.05 bits per heavy atom. The lowest BCUT2D eigenvalue weighted by Crippen LogP contribution is -2.39. The van der Waals surface area contributed by atoms with E-state index in [1.165, 1.54) is 4.57 Å². The molecule has 0 saturated carbocycles. The van der Waals surface area contributed by atoms with E-state index in [0.717, 1.165) is 4.57 Å². The number of aromatic nitrogens is 2. The Morgan fingerprint density at radius 1 is 1.37 bits per heavy atom. The van der Waals surface area contributed by atoms with E-state index in [1.54, 1.807) is 31.3 Å². The Morgan fingerprint density at radius 3 is 2.74 bits per heavy atom. The van der Waals surface area contributed by atoms with E-state index in [9.17, 15) is 9.59 Å². The Kier molecular flexibility index (Phi) is 3.52. The zero-order chi connectivity index (χ0) is 14.0. The molecule has 2 rings (SSSR count). The van der Waals surface area contributed by atoms with Crippen molar-refractivity contribution < 1.29 is 10.1 Å². The molecule has 0 radical (unpaired) electrons. The van der Waals surface area contributed by atoms with E-state index in [4.69, 9.17) is 5.26 Å². The maximum atomic E-state index is 12.2. The van der Waals surface area contributed by atoms with Gasteiger partial charge < -0.3 is 4.89 Å². The summed E-state index contributed by atoms with van der Waals surface area (Å²) in [6.45, 7) is 3.54. The topological polar surface area (TPSA) is 73.5 Å². The van der Waals surface area contributed by atoms with Gasteiger partial charge in [-0.1, -0.05) is 18.7 Å². The predicted octanol–water partition coefficient (Wildman–Crippen LogP) is 1.09. The first kappa shape index (κ1) is 13.1. The largest absolute Gasteiger partial charge is 0.345 e. The van der Waals surface area contributed by atoms with Crippen molar-refractivity contribution >= 4 is 10.9 Å². The molecule has 6 nitrogen and oxygen atoms in total. The van der Waals surface area contributed by atoms with E-state index >= 15 is 0 Å². The molecular weight excluding hydrogens is 248 g/mol. The van der Waals surface area contributed by atoms with Gasteiger partial charge in [0.1, 0.15) is 5.76 Å². The first-order valence-electron chi connectivity index (χ1n) is 5.74. The van der Waals surface area contributed by atoms with Crippen LogP contribution < -0.4 is 11.2 Å². The fourth-order valence-corrected chi connectivity index (χ4v) is 1.94. The van der Waals surface area contributed by atoms with Crippen LogP contribution in [-0.4, -0.2) is 14.4 Å². The highest BCUT2D eigenvalue weighted by molar-refractivity contribution is 5.77. The quantitative estimate of drug-likeness (QED) is 0.508. The van der Waals surface area contributed by atoms with Gasteiger partial charge in [-0.25, -0.2) is 10.1 Å². The molecule has 0 saturated heterocycles. The van der Waals surface area contributed by atoms with Gasteiger partial charge in [-0.15, -0.1) is 0 Å². The van der Waals surface area contributed by atoms with Gasteiger partial charge in [-0.05, 0) is 12.1 Å². The molecule has 0 spiro atoms. The molecular formula is C13H14N2O4. The van der Waals surface area contributed by atoms with Crippen LogP contribution in [-0.2, 0) is 18.5 Å². The highest BCUT2D eigenvalue weighted by atomic mass is 17.1. The summed E-state index contributed by atoms with van der Waals surface area (Å²) in [5, 5.41) is 8.88. The normalized spacial score (nSPS) is 10.6. The van der Waals surface area contributed by atoms with Crippen LogP contribution in [0.15, 0.2) is 46.2 Å². The minimum atomic E-state index is -0.408. The standard InChI is InChI=1S/C13H14N2O4/c1-9(19-18)7-8-15-12(16)10-5-3-4-6-11(10)14(2)13(15)17/h3-6,18H,1,7-8H2,2H3. The lowest BCUT2D eigenvalue weighted by molar-refractivity contribution is -0.205. The summed E-state index contributed by atoms with van der Waals surface area (Å²) in [5.74, 6) is 0.0992. The van der Waals surface area contributed by atoms with E-state index in [2.05, 4.69) is 11.5 Å². The molecule has 1 aromatic heterocycles. The highest BCUT2D eigenvalue weighted by Crippen LogP contribution is 2.06. The second kappa shape index (κ2) is 5.11. The number of allylic oxidation sites excluding steroid dienone is 1. The summed E-state index contributed by atoms with van der Waals surface area (Å²) in [5.41, 5.74) is -0.176. The van der Waals surface area contributed by atoms with Crippen LogP contribution >= 0.6 is 0 Å². The number of para-hydroxylation sites is 1. The minimum Gasteiger partial charge on any atom is -0.345 e. The average Bonchev–Trinajstić information content (AvgIpc) is 2.44. The van der Waals surface area contributed by atoms with Gasteiger partial charge >= 0.3 is 5.69 Å². The van der Waals surface area contributed by atoms with Gasteiger partial charge in [0.2, 0.25) is 0 Å². The van der Waals surface area contributed by atoms with E-state index in [1.807, 2.05) is 0 Å². The van der Waals surface area contributed by atoms with E-state index in [-0.39, 0.29) is 24.3 Å². The number of benzene rings is 1. The molecule has 6 heteroatoms. The fraction of sp³-hybridized carbons (Fsp3) is 0.231. The van der Waals surface area contributed by atoms with Gasteiger partial charge in [-0.2, -0.15) is 0 Å². The summed E-state index contributed by atoms with van der Waals surface area (Å²) < 4.78 is 2.52. The fourth-order valence-electron chi connectivity index (χ4n) is 1.94. The Balaban J connectivity index is 2.59. The zero-order valence-electron chi connectivity index (χ0n) is 10.5. The molecule has 0 aliphatic rings. The third-order valence-electron chi connectivity index (χ3n) is 3.00. The molecule has 100 valence electrons. The molecule has 0 aliphatic carbocycles. The Bertz CT molecular complexity index is 742. The van der Waals surface area contributed by atoms with Crippen LogP contribution in [0, 0.1) is 0 Å². The van der Waals surface area contributed by atoms with Crippen molar-refractivity contribution in [2.45, 2.75) is 13.0 Å². The second-order valence-electron chi connectivity index (χ2n) is 4.20.